The van der Waals surface area contributed by atoms with Gasteiger partial charge in [-0.25, -0.2) is 0 Å². The number of esters is 2. The smallest absolute Gasteiger partial charge is 0.303 e. The van der Waals surface area contributed by atoms with Crippen molar-refractivity contribution in [3.63, 3.8) is 0 Å². The molecule has 2 fully saturated rings. The first-order valence-corrected chi connectivity index (χ1v) is 10.3. The summed E-state index contributed by atoms with van der Waals surface area (Å²) >= 11 is 0. The van der Waals surface area contributed by atoms with Crippen molar-refractivity contribution in [2.75, 3.05) is 6.61 Å². The molecule has 0 aromatic rings. The van der Waals surface area contributed by atoms with Crippen molar-refractivity contribution < 1.29 is 33.3 Å². The van der Waals surface area contributed by atoms with Crippen molar-refractivity contribution >= 4 is 11.9 Å². The highest BCUT2D eigenvalue weighted by molar-refractivity contribution is 5.66. The van der Waals surface area contributed by atoms with Crippen molar-refractivity contribution in [2.24, 2.45) is 23.7 Å². The van der Waals surface area contributed by atoms with Crippen LogP contribution in [0.4, 0.5) is 0 Å². The Labute approximate surface area is 168 Å². The van der Waals surface area contributed by atoms with Crippen LogP contribution < -0.4 is 0 Å². The molecule has 28 heavy (non-hydrogen) atoms. The average Bonchev–Trinajstić information content (AvgIpc) is 2.61. The lowest BCUT2D eigenvalue weighted by atomic mass is 9.81. The maximum Gasteiger partial charge on any atom is 0.303 e. The Morgan fingerprint density at radius 1 is 0.750 bits per heavy atom. The van der Waals surface area contributed by atoms with Gasteiger partial charge in [0.15, 0.2) is 12.4 Å². The van der Waals surface area contributed by atoms with Gasteiger partial charge in [-0.15, -0.1) is 0 Å². The second kappa shape index (κ2) is 9.55. The van der Waals surface area contributed by atoms with Crippen LogP contribution in [0.15, 0.2) is 0 Å². The molecule has 2 heterocycles. The molecular formula is C21H36O7. The van der Waals surface area contributed by atoms with Gasteiger partial charge in [-0.3, -0.25) is 9.59 Å². The molecule has 2 rings (SSSR count). The fourth-order valence-electron chi connectivity index (χ4n) is 4.17. The van der Waals surface area contributed by atoms with Crippen LogP contribution in [-0.2, 0) is 33.3 Å². The lowest BCUT2D eigenvalue weighted by Crippen LogP contribution is -2.57. The predicted octanol–water partition coefficient (Wildman–Crippen LogP) is 2.94. The number of ether oxygens (including phenoxy) is 5. The molecule has 0 aromatic carbocycles. The molecule has 0 aromatic heterocycles. The molecule has 7 nitrogen and oxygen atoms in total. The molecule has 0 saturated carbocycles. The zero-order valence-electron chi connectivity index (χ0n) is 18.3. The minimum Gasteiger partial charge on any atom is -0.463 e. The van der Waals surface area contributed by atoms with E-state index >= 15 is 0 Å². The highest BCUT2D eigenvalue weighted by atomic mass is 16.7. The lowest BCUT2D eigenvalue weighted by Gasteiger charge is -2.48. The van der Waals surface area contributed by atoms with E-state index in [1.165, 1.54) is 13.8 Å². The molecule has 0 spiro atoms. The highest BCUT2D eigenvalue weighted by Crippen LogP contribution is 2.38. The summed E-state index contributed by atoms with van der Waals surface area (Å²) in [7, 11) is 0. The van der Waals surface area contributed by atoms with E-state index in [1.54, 1.807) is 0 Å². The topological polar surface area (TPSA) is 80.3 Å². The number of hydrogen-bond donors (Lipinski definition) is 0. The third-order valence-electron chi connectivity index (χ3n) is 6.54. The van der Waals surface area contributed by atoms with Crippen molar-refractivity contribution in [2.45, 2.75) is 92.2 Å². The zero-order chi connectivity index (χ0) is 21.2. The Balaban J connectivity index is 2.11. The summed E-state index contributed by atoms with van der Waals surface area (Å²) in [6.07, 6.45) is -1.71. The predicted molar refractivity (Wildman–Crippen MR) is 102 cm³/mol. The Morgan fingerprint density at radius 2 is 1.36 bits per heavy atom. The molecule has 0 amide bonds. The number of hydrogen-bond acceptors (Lipinski definition) is 7. The average molecular weight is 401 g/mol. The number of carbonyl (C=O) groups excluding carboxylic acids is 2. The molecule has 10 atom stereocenters. The summed E-state index contributed by atoms with van der Waals surface area (Å²) in [6, 6.07) is 0. The highest BCUT2D eigenvalue weighted by Gasteiger charge is 2.47. The minimum atomic E-state index is -0.638. The van der Waals surface area contributed by atoms with E-state index in [9.17, 15) is 9.59 Å². The lowest BCUT2D eigenvalue weighted by molar-refractivity contribution is -0.312. The second-order valence-electron chi connectivity index (χ2n) is 8.50. The molecule has 0 N–H and O–H groups in total. The first-order valence-electron chi connectivity index (χ1n) is 10.3. The summed E-state index contributed by atoms with van der Waals surface area (Å²) in [4.78, 5) is 22.8. The van der Waals surface area contributed by atoms with Crippen LogP contribution in [0.1, 0.15) is 55.4 Å². The third kappa shape index (κ3) is 5.24. The Morgan fingerprint density at radius 3 is 1.93 bits per heavy atom. The SMILES string of the molecule is CC(=O)OCC1OC(C)C(O[C@@H]2OC(C)[C@H](C)[C@H](C)C2OC(C)=O)[C@@H](C)[C@@H]1C. The monoisotopic (exact) mass is 400 g/mol. The number of rotatable bonds is 5. The standard InChI is InChI=1S/C21H36O7/c1-10-12(3)20(27-17(8)23)21(26-14(10)5)28-19-13(4)11(2)18(25-15(19)6)9-24-16(7)22/h10-15,18-21H,9H2,1-8H3/t10-,11+,12+,13+,14?,15?,18?,19?,20?,21+/m1/s1. The van der Waals surface area contributed by atoms with E-state index in [2.05, 4.69) is 27.7 Å². The van der Waals surface area contributed by atoms with Crippen LogP contribution in [0, 0.1) is 23.7 Å². The van der Waals surface area contributed by atoms with E-state index < -0.39 is 12.4 Å². The van der Waals surface area contributed by atoms with Crippen molar-refractivity contribution in [1.29, 1.82) is 0 Å². The molecule has 7 heteroatoms. The first kappa shape index (κ1) is 23.1. The largest absolute Gasteiger partial charge is 0.463 e. The molecule has 2 aliphatic rings. The quantitative estimate of drug-likeness (QED) is 0.656. The maximum atomic E-state index is 11.6. The number of carbonyl (C=O) groups is 2. The fraction of sp³-hybridized carbons (Fsp3) is 0.905. The van der Waals surface area contributed by atoms with Gasteiger partial charge in [0.05, 0.1) is 24.4 Å². The van der Waals surface area contributed by atoms with Crippen LogP contribution in [-0.4, -0.2) is 55.4 Å². The summed E-state index contributed by atoms with van der Waals surface area (Å²) in [5.41, 5.74) is 0. The van der Waals surface area contributed by atoms with Crippen LogP contribution in [0.3, 0.4) is 0 Å². The third-order valence-corrected chi connectivity index (χ3v) is 6.54. The van der Waals surface area contributed by atoms with Gasteiger partial charge in [0.25, 0.3) is 0 Å². The molecule has 2 aliphatic heterocycles. The summed E-state index contributed by atoms with van der Waals surface area (Å²) in [5, 5.41) is 0. The van der Waals surface area contributed by atoms with Gasteiger partial charge in [0.2, 0.25) is 0 Å². The van der Waals surface area contributed by atoms with Crippen LogP contribution in [0.25, 0.3) is 0 Å². The van der Waals surface area contributed by atoms with E-state index in [4.69, 9.17) is 23.7 Å². The van der Waals surface area contributed by atoms with Gasteiger partial charge in [0.1, 0.15) is 6.61 Å². The summed E-state index contributed by atoms with van der Waals surface area (Å²) in [5.74, 6) is -0.0189. The van der Waals surface area contributed by atoms with Gasteiger partial charge < -0.3 is 23.7 Å². The van der Waals surface area contributed by atoms with E-state index in [1.807, 2.05) is 13.8 Å². The van der Waals surface area contributed by atoms with Gasteiger partial charge in [-0.05, 0) is 31.6 Å². The van der Waals surface area contributed by atoms with E-state index in [0.717, 1.165) is 0 Å². The fourth-order valence-corrected chi connectivity index (χ4v) is 4.17. The first-order chi connectivity index (χ1) is 13.0. The molecule has 2 saturated heterocycles. The Hall–Kier alpha value is -1.18. The molecular weight excluding hydrogens is 364 g/mol. The van der Waals surface area contributed by atoms with Gasteiger partial charge >= 0.3 is 11.9 Å². The summed E-state index contributed by atoms with van der Waals surface area (Å²) in [6.45, 7) is 15.3. The van der Waals surface area contributed by atoms with Crippen LogP contribution >= 0.6 is 0 Å². The van der Waals surface area contributed by atoms with E-state index in [0.29, 0.717) is 0 Å². The zero-order valence-corrected chi connectivity index (χ0v) is 18.3. The molecule has 0 bridgehead atoms. The Bertz CT molecular complexity index is 551. The minimum absolute atomic E-state index is 0.00364. The van der Waals surface area contributed by atoms with Gasteiger partial charge in [-0.1, -0.05) is 27.7 Å². The summed E-state index contributed by atoms with van der Waals surface area (Å²) < 4.78 is 29.3. The molecule has 0 radical (unpaired) electrons. The molecule has 162 valence electrons. The van der Waals surface area contributed by atoms with E-state index in [-0.39, 0.29) is 66.6 Å². The maximum absolute atomic E-state index is 11.6. The van der Waals surface area contributed by atoms with Crippen LogP contribution in [0.5, 0.6) is 0 Å². The van der Waals surface area contributed by atoms with Gasteiger partial charge in [0, 0.05) is 19.8 Å². The van der Waals surface area contributed by atoms with Crippen molar-refractivity contribution in [3.8, 4) is 0 Å². The normalized spacial score (nSPS) is 44.0. The second-order valence-corrected chi connectivity index (χ2v) is 8.50. The Kier molecular flexibility index (Phi) is 7.88. The van der Waals surface area contributed by atoms with Crippen molar-refractivity contribution in [1.82, 2.24) is 0 Å². The molecule has 5 unspecified atom stereocenters. The van der Waals surface area contributed by atoms with Gasteiger partial charge in [-0.2, -0.15) is 0 Å². The molecule has 0 aliphatic carbocycles. The van der Waals surface area contributed by atoms with Crippen LogP contribution in [0.2, 0.25) is 0 Å². The van der Waals surface area contributed by atoms with Crippen molar-refractivity contribution in [3.05, 3.63) is 0 Å².